The van der Waals surface area contributed by atoms with Gasteiger partial charge in [-0.1, -0.05) is 48.9 Å². The fourth-order valence-electron chi connectivity index (χ4n) is 3.68. The van der Waals surface area contributed by atoms with E-state index in [0.29, 0.717) is 6.04 Å². The first-order chi connectivity index (χ1) is 12.7. The number of nitrogens with zero attached hydrogens (tertiary/aromatic N) is 3. The molecule has 0 saturated carbocycles. The summed E-state index contributed by atoms with van der Waals surface area (Å²) in [6, 6.07) is 15.1. The molecule has 1 unspecified atom stereocenters. The van der Waals surface area contributed by atoms with Crippen molar-refractivity contribution in [1.82, 2.24) is 14.8 Å². The summed E-state index contributed by atoms with van der Waals surface area (Å²) in [6.07, 6.45) is 8.33. The molecule has 138 valence electrons. The maximum atomic E-state index is 6.54. The highest BCUT2D eigenvalue weighted by Crippen LogP contribution is 2.20. The zero-order valence-electron chi connectivity index (χ0n) is 15.5. The lowest BCUT2D eigenvalue weighted by Gasteiger charge is -2.39. The average molecular weight is 370 g/mol. The quantitative estimate of drug-likeness (QED) is 0.708. The van der Waals surface area contributed by atoms with Crippen LogP contribution in [0, 0.1) is 0 Å². The van der Waals surface area contributed by atoms with Gasteiger partial charge in [-0.15, -0.1) is 0 Å². The molecule has 1 aliphatic rings. The molecule has 4 heteroatoms. The maximum absolute atomic E-state index is 6.54. The van der Waals surface area contributed by atoms with Crippen molar-refractivity contribution >= 4 is 17.7 Å². The second kappa shape index (κ2) is 9.86. The van der Waals surface area contributed by atoms with Crippen LogP contribution in [0.25, 0.3) is 6.08 Å². The predicted octanol–water partition coefficient (Wildman–Crippen LogP) is 4.65. The molecule has 3 rings (SSSR count). The molecule has 0 N–H and O–H groups in total. The van der Waals surface area contributed by atoms with Crippen molar-refractivity contribution in [3.8, 4) is 0 Å². The summed E-state index contributed by atoms with van der Waals surface area (Å²) in [4.78, 5) is 9.19. The fraction of sp³-hybridized carbons (Fsp3) is 0.409. The van der Waals surface area contributed by atoms with Crippen molar-refractivity contribution in [3.05, 3.63) is 71.0 Å². The van der Waals surface area contributed by atoms with Crippen LogP contribution in [-0.4, -0.2) is 47.0 Å². The van der Waals surface area contributed by atoms with Crippen LogP contribution in [0.15, 0.2) is 59.9 Å². The first-order valence-electron chi connectivity index (χ1n) is 9.51. The van der Waals surface area contributed by atoms with Crippen molar-refractivity contribution in [2.45, 2.75) is 32.4 Å². The molecule has 1 aliphatic heterocycles. The summed E-state index contributed by atoms with van der Waals surface area (Å²) in [5, 5.41) is 0.911. The van der Waals surface area contributed by atoms with Crippen LogP contribution in [0.4, 0.5) is 0 Å². The monoisotopic (exact) mass is 369 g/mol. The molecule has 1 fully saturated rings. The summed E-state index contributed by atoms with van der Waals surface area (Å²) in [5.74, 6) is 0. The van der Waals surface area contributed by atoms with Gasteiger partial charge in [0.05, 0.1) is 0 Å². The normalized spacial score (nSPS) is 19.0. The Balaban J connectivity index is 1.58. The van der Waals surface area contributed by atoms with Crippen LogP contribution in [-0.2, 0) is 6.54 Å². The van der Waals surface area contributed by atoms with Crippen LogP contribution in [0.3, 0.4) is 0 Å². The van der Waals surface area contributed by atoms with Crippen molar-refractivity contribution in [2.75, 3.05) is 26.2 Å². The molecule has 0 bridgehead atoms. The van der Waals surface area contributed by atoms with Gasteiger partial charge in [-0.25, -0.2) is 0 Å². The number of halogens is 1. The number of pyridine rings is 1. The van der Waals surface area contributed by atoms with Gasteiger partial charge in [0.2, 0.25) is 0 Å². The van der Waals surface area contributed by atoms with E-state index in [-0.39, 0.29) is 0 Å². The SMILES string of the molecule is CCN(Cc1ccncc1)C1CCCN(C/C(Cl)=C/c2ccccc2)C1. The molecule has 0 spiro atoms. The highest BCUT2D eigenvalue weighted by atomic mass is 35.5. The Morgan fingerprint density at radius 1 is 1.23 bits per heavy atom. The van der Waals surface area contributed by atoms with Gasteiger partial charge in [0.15, 0.2) is 0 Å². The van der Waals surface area contributed by atoms with Gasteiger partial charge in [-0.2, -0.15) is 0 Å². The summed E-state index contributed by atoms with van der Waals surface area (Å²) >= 11 is 6.54. The number of rotatable bonds is 7. The van der Waals surface area contributed by atoms with E-state index in [1.807, 2.05) is 30.6 Å². The molecule has 2 heterocycles. The Kier molecular flexibility index (Phi) is 7.24. The van der Waals surface area contributed by atoms with Crippen molar-refractivity contribution in [2.24, 2.45) is 0 Å². The predicted molar refractivity (Wildman–Crippen MR) is 110 cm³/mol. The Morgan fingerprint density at radius 2 is 2.00 bits per heavy atom. The molecule has 26 heavy (non-hydrogen) atoms. The molecule has 1 aromatic heterocycles. The minimum Gasteiger partial charge on any atom is -0.297 e. The minimum atomic E-state index is 0.586. The minimum absolute atomic E-state index is 0.586. The van der Waals surface area contributed by atoms with Gasteiger partial charge in [0.1, 0.15) is 0 Å². The topological polar surface area (TPSA) is 19.4 Å². The summed E-state index contributed by atoms with van der Waals surface area (Å²) < 4.78 is 0. The third-order valence-corrected chi connectivity index (χ3v) is 5.26. The van der Waals surface area contributed by atoms with E-state index in [1.165, 1.54) is 24.0 Å². The molecule has 0 amide bonds. The van der Waals surface area contributed by atoms with Gasteiger partial charge in [0.25, 0.3) is 0 Å². The van der Waals surface area contributed by atoms with Gasteiger partial charge < -0.3 is 0 Å². The van der Waals surface area contributed by atoms with Gasteiger partial charge >= 0.3 is 0 Å². The van der Waals surface area contributed by atoms with Crippen LogP contribution in [0.2, 0.25) is 0 Å². The number of hydrogen-bond acceptors (Lipinski definition) is 3. The highest BCUT2D eigenvalue weighted by Gasteiger charge is 2.24. The molecule has 2 aromatic rings. The second-order valence-corrected chi connectivity index (χ2v) is 7.44. The van der Waals surface area contributed by atoms with Crippen LogP contribution in [0.5, 0.6) is 0 Å². The van der Waals surface area contributed by atoms with E-state index in [2.05, 4.69) is 52.0 Å². The number of aromatic nitrogens is 1. The largest absolute Gasteiger partial charge is 0.297 e. The first kappa shape index (κ1) is 19.1. The van der Waals surface area contributed by atoms with Crippen molar-refractivity contribution in [3.63, 3.8) is 0 Å². The number of likely N-dealkylation sites (N-methyl/N-ethyl adjacent to an activating group) is 1. The molecule has 0 radical (unpaired) electrons. The van der Waals surface area contributed by atoms with Gasteiger partial charge in [-0.05, 0) is 55.3 Å². The summed E-state index contributed by atoms with van der Waals surface area (Å²) in [5.41, 5.74) is 2.50. The number of hydrogen-bond donors (Lipinski definition) is 0. The van der Waals surface area contributed by atoms with E-state index in [0.717, 1.165) is 37.8 Å². The standard InChI is InChI=1S/C22H28ClN3/c1-2-26(16-20-10-12-24-13-11-20)22-9-6-14-25(18-22)17-21(23)15-19-7-4-3-5-8-19/h3-5,7-8,10-13,15,22H,2,6,9,14,16-18H2,1H3/b21-15-. The zero-order chi connectivity index (χ0) is 18.2. The lowest BCUT2D eigenvalue weighted by Crippen LogP contribution is -2.47. The third kappa shape index (κ3) is 5.66. The van der Waals surface area contributed by atoms with Gasteiger partial charge in [-0.3, -0.25) is 14.8 Å². The second-order valence-electron chi connectivity index (χ2n) is 6.95. The Hall–Kier alpha value is -1.68. The maximum Gasteiger partial charge on any atom is 0.0342 e. The van der Waals surface area contributed by atoms with Crippen LogP contribution < -0.4 is 0 Å². The van der Waals surface area contributed by atoms with E-state index in [9.17, 15) is 0 Å². The number of benzene rings is 1. The Labute approximate surface area is 162 Å². The summed E-state index contributed by atoms with van der Waals surface area (Å²) in [7, 11) is 0. The number of piperidine rings is 1. The smallest absolute Gasteiger partial charge is 0.0342 e. The zero-order valence-corrected chi connectivity index (χ0v) is 16.3. The van der Waals surface area contributed by atoms with E-state index in [1.54, 1.807) is 0 Å². The van der Waals surface area contributed by atoms with E-state index in [4.69, 9.17) is 11.6 Å². The van der Waals surface area contributed by atoms with E-state index < -0.39 is 0 Å². The first-order valence-corrected chi connectivity index (χ1v) is 9.89. The molecule has 1 atom stereocenters. The lowest BCUT2D eigenvalue weighted by atomic mass is 10.0. The molecular formula is C22H28ClN3. The van der Waals surface area contributed by atoms with Gasteiger partial charge in [0, 0.05) is 43.1 Å². The highest BCUT2D eigenvalue weighted by molar-refractivity contribution is 6.31. The third-order valence-electron chi connectivity index (χ3n) is 5.04. The lowest BCUT2D eigenvalue weighted by molar-refractivity contribution is 0.102. The van der Waals surface area contributed by atoms with E-state index >= 15 is 0 Å². The molecule has 1 saturated heterocycles. The molecule has 1 aromatic carbocycles. The Bertz CT molecular complexity index is 687. The average Bonchev–Trinajstić information content (AvgIpc) is 2.68. The van der Waals surface area contributed by atoms with Crippen molar-refractivity contribution < 1.29 is 0 Å². The molecule has 0 aliphatic carbocycles. The number of likely N-dealkylation sites (tertiary alicyclic amines) is 1. The Morgan fingerprint density at radius 3 is 2.73 bits per heavy atom. The summed E-state index contributed by atoms with van der Waals surface area (Å²) in [6.45, 7) is 7.35. The van der Waals surface area contributed by atoms with Crippen molar-refractivity contribution in [1.29, 1.82) is 0 Å². The fourth-order valence-corrected chi connectivity index (χ4v) is 3.98. The van der Waals surface area contributed by atoms with Crippen LogP contribution >= 0.6 is 11.6 Å². The molecular weight excluding hydrogens is 342 g/mol. The molecule has 3 nitrogen and oxygen atoms in total. The van der Waals surface area contributed by atoms with Crippen LogP contribution in [0.1, 0.15) is 30.9 Å².